The first-order valence-corrected chi connectivity index (χ1v) is 11.7. The lowest BCUT2D eigenvalue weighted by Gasteiger charge is -2.10. The highest BCUT2D eigenvalue weighted by Gasteiger charge is 2.20. The molecule has 0 amide bonds. The first-order valence-electron chi connectivity index (χ1n) is 10.9. The third kappa shape index (κ3) is 3.79. The fraction of sp³-hybridized carbons (Fsp3) is 0.455. The minimum atomic E-state index is -0.313. The Kier molecular flexibility index (Phi) is 5.46. The molecule has 0 fully saturated rings. The number of fused-ring (bicyclic) bond motifs is 4. The maximum Gasteiger partial charge on any atom is 0.306 e. The van der Waals surface area contributed by atoms with E-state index in [1.54, 1.807) is 15.9 Å². The van der Waals surface area contributed by atoms with Crippen LogP contribution in [-0.2, 0) is 35.4 Å². The van der Waals surface area contributed by atoms with Crippen molar-refractivity contribution in [2.24, 2.45) is 0 Å². The van der Waals surface area contributed by atoms with Gasteiger partial charge in [0.05, 0.1) is 5.39 Å². The molecule has 0 unspecified atom stereocenters. The summed E-state index contributed by atoms with van der Waals surface area (Å²) in [6.07, 6.45) is 7.96. The van der Waals surface area contributed by atoms with Gasteiger partial charge in [-0.25, -0.2) is 19.5 Å². The molecule has 0 spiro atoms. The van der Waals surface area contributed by atoms with Crippen LogP contribution in [0.25, 0.3) is 16.0 Å². The Labute approximate surface area is 189 Å². The van der Waals surface area contributed by atoms with Crippen LogP contribution >= 0.6 is 11.3 Å². The largest absolute Gasteiger partial charge is 0.457 e. The number of carbonyl (C=O) groups is 1. The van der Waals surface area contributed by atoms with Gasteiger partial charge in [-0.15, -0.1) is 11.3 Å². The van der Waals surface area contributed by atoms with Crippen LogP contribution in [0.3, 0.4) is 0 Å². The molecule has 1 aliphatic carbocycles. The Bertz CT molecular complexity index is 1330. The zero-order chi connectivity index (χ0) is 22.2. The molecule has 0 saturated heterocycles. The first kappa shape index (κ1) is 20.7. The number of carbonyl (C=O) groups excluding carboxylic acids is 1. The zero-order valence-corrected chi connectivity index (χ0v) is 19.0. The van der Waals surface area contributed by atoms with Gasteiger partial charge in [-0.3, -0.25) is 4.79 Å². The number of ether oxygens (including phenoxy) is 1. The van der Waals surface area contributed by atoms with Crippen LogP contribution < -0.4 is 5.73 Å². The van der Waals surface area contributed by atoms with Crippen LogP contribution in [0.1, 0.15) is 58.9 Å². The third-order valence-electron chi connectivity index (χ3n) is 6.07. The van der Waals surface area contributed by atoms with Gasteiger partial charge < -0.3 is 10.5 Å². The molecule has 166 valence electrons. The number of nitrogens with two attached hydrogens (primary N) is 1. The molecule has 2 N–H and O–H groups in total. The number of rotatable bonds is 5. The summed E-state index contributed by atoms with van der Waals surface area (Å²) in [5, 5.41) is 5.17. The van der Waals surface area contributed by atoms with E-state index in [-0.39, 0.29) is 19.0 Å². The fourth-order valence-electron chi connectivity index (χ4n) is 4.43. The topological polar surface area (TPSA) is 121 Å². The molecular formula is C22H25N7O2S. The summed E-state index contributed by atoms with van der Waals surface area (Å²) in [5.41, 5.74) is 10.3. The van der Waals surface area contributed by atoms with Crippen molar-refractivity contribution in [1.82, 2.24) is 29.5 Å². The molecule has 0 aromatic carbocycles. The second-order valence-corrected chi connectivity index (χ2v) is 9.25. The molecule has 0 aliphatic heterocycles. The highest BCUT2D eigenvalue weighted by molar-refractivity contribution is 7.19. The molecule has 0 bridgehead atoms. The quantitative estimate of drug-likeness (QED) is 0.362. The molecular weight excluding hydrogens is 426 g/mol. The van der Waals surface area contributed by atoms with Gasteiger partial charge in [0.2, 0.25) is 0 Å². The number of aromatic nitrogens is 6. The maximum atomic E-state index is 12.4. The van der Waals surface area contributed by atoms with Gasteiger partial charge in [-0.2, -0.15) is 10.1 Å². The number of hydrogen-bond donors (Lipinski definition) is 1. The van der Waals surface area contributed by atoms with Crippen LogP contribution in [0.15, 0.2) is 6.33 Å². The highest BCUT2D eigenvalue weighted by atomic mass is 32.1. The predicted molar refractivity (Wildman–Crippen MR) is 121 cm³/mol. The Morgan fingerprint density at radius 3 is 2.91 bits per heavy atom. The molecule has 4 aromatic rings. The van der Waals surface area contributed by atoms with Crippen molar-refractivity contribution in [2.45, 2.75) is 65.4 Å². The molecule has 0 radical (unpaired) electrons. The minimum absolute atomic E-state index is 0.0138. The monoisotopic (exact) mass is 451 g/mol. The molecule has 0 saturated carbocycles. The second-order valence-electron chi connectivity index (χ2n) is 8.16. The van der Waals surface area contributed by atoms with Gasteiger partial charge in [0.1, 0.15) is 17.0 Å². The number of hydrogen-bond acceptors (Lipinski definition) is 9. The summed E-state index contributed by atoms with van der Waals surface area (Å²) < 4.78 is 7.14. The van der Waals surface area contributed by atoms with Gasteiger partial charge in [0, 0.05) is 22.7 Å². The Morgan fingerprint density at radius 2 is 2.03 bits per heavy atom. The number of nitrogens with zero attached hydrogens (tertiary/aromatic N) is 6. The van der Waals surface area contributed by atoms with Crippen molar-refractivity contribution < 1.29 is 9.53 Å². The highest BCUT2D eigenvalue weighted by Crippen LogP contribution is 2.37. The van der Waals surface area contributed by atoms with E-state index >= 15 is 0 Å². The molecule has 1 aliphatic rings. The summed E-state index contributed by atoms with van der Waals surface area (Å²) in [6.45, 7) is 3.88. The predicted octanol–water partition coefficient (Wildman–Crippen LogP) is 3.27. The van der Waals surface area contributed by atoms with Crippen molar-refractivity contribution in [1.29, 1.82) is 0 Å². The van der Waals surface area contributed by atoms with Gasteiger partial charge in [0.15, 0.2) is 12.4 Å². The third-order valence-corrected chi connectivity index (χ3v) is 7.25. The molecule has 4 aromatic heterocycles. The Hall–Kier alpha value is -3.14. The fourth-order valence-corrected chi connectivity index (χ4v) is 5.72. The summed E-state index contributed by atoms with van der Waals surface area (Å²) in [6, 6.07) is 0. The van der Waals surface area contributed by atoms with E-state index in [1.807, 2.05) is 13.8 Å². The van der Waals surface area contributed by atoms with Crippen LogP contribution in [0.5, 0.6) is 0 Å². The summed E-state index contributed by atoms with van der Waals surface area (Å²) in [7, 11) is 0. The van der Waals surface area contributed by atoms with Crippen LogP contribution in [0.2, 0.25) is 0 Å². The van der Waals surface area contributed by atoms with Crippen LogP contribution in [0.4, 0.5) is 5.82 Å². The minimum Gasteiger partial charge on any atom is -0.457 e. The standard InChI is InChI=1S/C22H25N7O2S/c1-12-14(13(2)29-22(26-12)24-11-25-29)8-9-18(30)31-10-17-27-20(23)19-15-6-4-3-5-7-16(15)32-21(19)28-17/h11H,3-10H2,1-2H3,(H2,23,27,28). The molecule has 5 rings (SSSR count). The Morgan fingerprint density at radius 1 is 1.19 bits per heavy atom. The van der Waals surface area contributed by atoms with Crippen molar-refractivity contribution in [3.8, 4) is 0 Å². The first-order chi connectivity index (χ1) is 15.5. The molecule has 32 heavy (non-hydrogen) atoms. The average molecular weight is 452 g/mol. The smallest absolute Gasteiger partial charge is 0.306 e. The normalized spacial score (nSPS) is 13.9. The van der Waals surface area contributed by atoms with E-state index in [0.29, 0.717) is 23.8 Å². The van der Waals surface area contributed by atoms with Crippen LogP contribution in [0, 0.1) is 13.8 Å². The van der Waals surface area contributed by atoms with Crippen LogP contribution in [-0.4, -0.2) is 35.5 Å². The number of aryl methyl sites for hydroxylation is 4. The lowest BCUT2D eigenvalue weighted by molar-refractivity contribution is -0.145. The SMILES string of the molecule is Cc1nc2ncnn2c(C)c1CCC(=O)OCc1nc(N)c2c3c(sc2n1)CCCCC3. The van der Waals surface area contributed by atoms with Gasteiger partial charge >= 0.3 is 5.97 Å². The van der Waals surface area contributed by atoms with E-state index < -0.39 is 0 Å². The van der Waals surface area contributed by atoms with E-state index in [1.165, 1.54) is 36.0 Å². The van der Waals surface area contributed by atoms with E-state index in [2.05, 4.69) is 25.0 Å². The number of nitrogen functional groups attached to an aromatic ring is 1. The number of anilines is 1. The van der Waals surface area contributed by atoms with E-state index in [4.69, 9.17) is 10.5 Å². The Balaban J connectivity index is 1.26. The zero-order valence-electron chi connectivity index (χ0n) is 18.2. The molecule has 9 nitrogen and oxygen atoms in total. The molecule has 0 atom stereocenters. The van der Waals surface area contributed by atoms with Crippen molar-refractivity contribution >= 4 is 39.1 Å². The van der Waals surface area contributed by atoms with Crippen molar-refractivity contribution in [3.63, 3.8) is 0 Å². The number of esters is 1. The summed E-state index contributed by atoms with van der Waals surface area (Å²) in [5.74, 6) is 1.17. The summed E-state index contributed by atoms with van der Waals surface area (Å²) >= 11 is 1.70. The molecule has 4 heterocycles. The van der Waals surface area contributed by atoms with Crippen molar-refractivity contribution in [3.05, 3.63) is 39.5 Å². The molecule has 10 heteroatoms. The number of thiophene rings is 1. The summed E-state index contributed by atoms with van der Waals surface area (Å²) in [4.78, 5) is 32.3. The lowest BCUT2D eigenvalue weighted by Crippen LogP contribution is -2.11. The maximum absolute atomic E-state index is 12.4. The second kappa shape index (κ2) is 8.42. The van der Waals surface area contributed by atoms with Gasteiger partial charge in [0.25, 0.3) is 5.78 Å². The van der Waals surface area contributed by atoms with Gasteiger partial charge in [-0.05, 0) is 57.1 Å². The van der Waals surface area contributed by atoms with E-state index in [0.717, 1.165) is 40.0 Å². The lowest BCUT2D eigenvalue weighted by atomic mass is 10.1. The van der Waals surface area contributed by atoms with Crippen molar-refractivity contribution in [2.75, 3.05) is 5.73 Å². The van der Waals surface area contributed by atoms with Gasteiger partial charge in [-0.1, -0.05) is 6.42 Å². The van der Waals surface area contributed by atoms with E-state index in [9.17, 15) is 4.79 Å². The average Bonchev–Trinajstić information content (AvgIpc) is 3.30.